The van der Waals surface area contributed by atoms with E-state index in [-0.39, 0.29) is 0 Å². The molecule has 0 aliphatic heterocycles. The highest BCUT2D eigenvalue weighted by molar-refractivity contribution is 7.13. The molecule has 1 aromatic heterocycles. The van der Waals surface area contributed by atoms with Gasteiger partial charge < -0.3 is 0 Å². The topological polar surface area (TPSA) is 0 Å². The number of allylic oxidation sites excluding steroid dienone is 1. The maximum atomic E-state index is 2.33. The first-order chi connectivity index (χ1) is 7.86. The maximum absolute atomic E-state index is 2.33. The third-order valence-corrected chi connectivity index (χ3v) is 4.40. The van der Waals surface area contributed by atoms with Gasteiger partial charge in [-0.25, -0.2) is 0 Å². The van der Waals surface area contributed by atoms with Crippen LogP contribution in [0.15, 0.2) is 36.4 Å². The zero-order chi connectivity index (χ0) is 11.0. The second-order valence-corrected chi connectivity index (χ2v) is 5.33. The quantitative estimate of drug-likeness (QED) is 0.711. The number of rotatable bonds is 2. The minimum Gasteiger partial charge on any atom is -0.141 e. The largest absolute Gasteiger partial charge is 0.141 e. The summed E-state index contributed by atoms with van der Waals surface area (Å²) < 4.78 is 0. The molecule has 3 rings (SSSR count). The van der Waals surface area contributed by atoms with Crippen LogP contribution in [-0.2, 0) is 12.8 Å². The molecule has 0 amide bonds. The summed E-state index contributed by atoms with van der Waals surface area (Å²) in [6, 6.07) is 13.2. The molecule has 0 N–H and O–H groups in total. The first-order valence-corrected chi connectivity index (χ1v) is 6.56. The minimum atomic E-state index is 1.10. The smallest absolute Gasteiger partial charge is 0.0308 e. The molecule has 16 heavy (non-hydrogen) atoms. The van der Waals surface area contributed by atoms with Gasteiger partial charge in [0.2, 0.25) is 0 Å². The molecule has 1 aromatic carbocycles. The van der Waals surface area contributed by atoms with Gasteiger partial charge in [0.05, 0.1) is 0 Å². The van der Waals surface area contributed by atoms with Gasteiger partial charge in [-0.2, -0.15) is 0 Å². The highest BCUT2D eigenvalue weighted by atomic mass is 32.1. The average Bonchev–Trinajstić information content (AvgIpc) is 2.95. The molecule has 1 aliphatic rings. The molecule has 0 radical (unpaired) electrons. The van der Waals surface area contributed by atoms with Crippen molar-refractivity contribution in [3.63, 3.8) is 0 Å². The summed E-state index contributed by atoms with van der Waals surface area (Å²) >= 11 is 1.93. The normalized spacial score (nSPS) is 13.7. The van der Waals surface area contributed by atoms with Crippen molar-refractivity contribution in [3.8, 4) is 0 Å². The van der Waals surface area contributed by atoms with Crippen molar-refractivity contribution < 1.29 is 0 Å². The summed E-state index contributed by atoms with van der Waals surface area (Å²) in [6.45, 7) is 2.22. The standard InChI is InChI=1S/C15H14S/c1-2-14-7-8-15(16-14)13-9-11-5-3-4-6-12(11)10-13/h3-9H,2,10H2,1H3. The Morgan fingerprint density at radius 2 is 2.00 bits per heavy atom. The van der Waals surface area contributed by atoms with Crippen LogP contribution in [0.5, 0.6) is 0 Å². The zero-order valence-electron chi connectivity index (χ0n) is 9.36. The van der Waals surface area contributed by atoms with Crippen LogP contribution >= 0.6 is 11.3 Å². The van der Waals surface area contributed by atoms with Gasteiger partial charge in [-0.15, -0.1) is 11.3 Å². The minimum absolute atomic E-state index is 1.10. The molecule has 0 nitrogen and oxygen atoms in total. The Balaban J connectivity index is 1.95. The van der Waals surface area contributed by atoms with Crippen molar-refractivity contribution in [2.75, 3.05) is 0 Å². The fraction of sp³-hybridized carbons (Fsp3) is 0.200. The predicted molar refractivity (Wildman–Crippen MR) is 71.7 cm³/mol. The van der Waals surface area contributed by atoms with Gasteiger partial charge in [-0.05, 0) is 47.8 Å². The van der Waals surface area contributed by atoms with Gasteiger partial charge >= 0.3 is 0 Å². The van der Waals surface area contributed by atoms with Crippen molar-refractivity contribution in [1.29, 1.82) is 0 Å². The number of aryl methyl sites for hydroxylation is 1. The lowest BCUT2D eigenvalue weighted by Gasteiger charge is -1.97. The van der Waals surface area contributed by atoms with Crippen LogP contribution < -0.4 is 0 Å². The van der Waals surface area contributed by atoms with Gasteiger partial charge in [-0.1, -0.05) is 31.2 Å². The SMILES string of the molecule is CCc1ccc(C2=Cc3ccccc3C2)s1. The molecule has 0 saturated carbocycles. The summed E-state index contributed by atoms with van der Waals surface area (Å²) in [5.74, 6) is 0. The van der Waals surface area contributed by atoms with Crippen LogP contribution in [-0.4, -0.2) is 0 Å². The number of thiophene rings is 1. The molecule has 0 atom stereocenters. The first kappa shape index (κ1) is 9.86. The van der Waals surface area contributed by atoms with E-state index in [1.54, 1.807) is 0 Å². The van der Waals surface area contributed by atoms with Crippen LogP contribution in [0.1, 0.15) is 27.8 Å². The second kappa shape index (κ2) is 3.91. The Bertz CT molecular complexity index is 546. The van der Waals surface area contributed by atoms with Crippen molar-refractivity contribution in [3.05, 3.63) is 57.3 Å². The van der Waals surface area contributed by atoms with Crippen LogP contribution in [0, 0.1) is 0 Å². The fourth-order valence-electron chi connectivity index (χ4n) is 2.18. The zero-order valence-corrected chi connectivity index (χ0v) is 10.2. The lowest BCUT2D eigenvalue weighted by atomic mass is 10.1. The number of fused-ring (bicyclic) bond motifs is 1. The highest BCUT2D eigenvalue weighted by Gasteiger charge is 2.14. The summed E-state index contributed by atoms with van der Waals surface area (Å²) in [5.41, 5.74) is 4.33. The van der Waals surface area contributed by atoms with Crippen molar-refractivity contribution in [2.45, 2.75) is 19.8 Å². The Morgan fingerprint density at radius 1 is 1.12 bits per heavy atom. The van der Waals surface area contributed by atoms with Crippen molar-refractivity contribution in [1.82, 2.24) is 0 Å². The van der Waals surface area contributed by atoms with Gasteiger partial charge in [0, 0.05) is 9.75 Å². The van der Waals surface area contributed by atoms with E-state index in [2.05, 4.69) is 49.4 Å². The summed E-state index contributed by atoms with van der Waals surface area (Å²) in [7, 11) is 0. The predicted octanol–water partition coefficient (Wildman–Crippen LogP) is 4.41. The molecule has 0 saturated heterocycles. The van der Waals surface area contributed by atoms with Gasteiger partial charge in [0.1, 0.15) is 0 Å². The van der Waals surface area contributed by atoms with E-state index in [1.165, 1.54) is 26.5 Å². The molecule has 0 unspecified atom stereocenters. The molecule has 0 fully saturated rings. The van der Waals surface area contributed by atoms with E-state index in [1.807, 2.05) is 11.3 Å². The fourth-order valence-corrected chi connectivity index (χ4v) is 3.14. The second-order valence-electron chi connectivity index (χ2n) is 4.16. The third-order valence-electron chi connectivity index (χ3n) is 3.09. The monoisotopic (exact) mass is 226 g/mol. The average molecular weight is 226 g/mol. The number of benzene rings is 1. The Labute approximate surface area is 100 Å². The highest BCUT2D eigenvalue weighted by Crippen LogP contribution is 2.34. The number of hydrogen-bond donors (Lipinski definition) is 0. The van der Waals surface area contributed by atoms with Crippen molar-refractivity contribution in [2.24, 2.45) is 0 Å². The maximum Gasteiger partial charge on any atom is 0.0308 e. The summed E-state index contributed by atoms with van der Waals surface area (Å²) in [4.78, 5) is 2.92. The van der Waals surface area contributed by atoms with E-state index in [0.717, 1.165) is 12.8 Å². The summed E-state index contributed by atoms with van der Waals surface area (Å²) in [5, 5.41) is 0. The molecular formula is C15H14S. The lowest BCUT2D eigenvalue weighted by Crippen LogP contribution is -1.81. The molecule has 0 spiro atoms. The molecule has 1 heteroatoms. The van der Waals surface area contributed by atoms with Crippen LogP contribution in [0.25, 0.3) is 11.6 Å². The molecule has 1 heterocycles. The van der Waals surface area contributed by atoms with Gasteiger partial charge in [0.15, 0.2) is 0 Å². The third kappa shape index (κ3) is 1.61. The van der Waals surface area contributed by atoms with Crippen molar-refractivity contribution >= 4 is 23.0 Å². The van der Waals surface area contributed by atoms with E-state index in [4.69, 9.17) is 0 Å². The Hall–Kier alpha value is -1.34. The van der Waals surface area contributed by atoms with Crippen LogP contribution in [0.2, 0.25) is 0 Å². The van der Waals surface area contributed by atoms with Gasteiger partial charge in [0.25, 0.3) is 0 Å². The number of hydrogen-bond acceptors (Lipinski definition) is 1. The molecule has 1 aliphatic carbocycles. The molecule has 0 bridgehead atoms. The van der Waals surface area contributed by atoms with E-state index in [9.17, 15) is 0 Å². The van der Waals surface area contributed by atoms with Crippen LogP contribution in [0.4, 0.5) is 0 Å². The lowest BCUT2D eigenvalue weighted by molar-refractivity contribution is 1.19. The first-order valence-electron chi connectivity index (χ1n) is 5.74. The van der Waals surface area contributed by atoms with Crippen LogP contribution in [0.3, 0.4) is 0 Å². The van der Waals surface area contributed by atoms with E-state index >= 15 is 0 Å². The summed E-state index contributed by atoms with van der Waals surface area (Å²) in [6.07, 6.45) is 4.57. The van der Waals surface area contributed by atoms with Gasteiger partial charge in [-0.3, -0.25) is 0 Å². The Kier molecular flexibility index (Phi) is 2.41. The molecule has 80 valence electrons. The molecular weight excluding hydrogens is 212 g/mol. The van der Waals surface area contributed by atoms with E-state index in [0.29, 0.717) is 0 Å². The van der Waals surface area contributed by atoms with E-state index < -0.39 is 0 Å². The molecule has 2 aromatic rings. The Morgan fingerprint density at radius 3 is 2.75 bits per heavy atom.